The lowest BCUT2D eigenvalue weighted by Crippen LogP contribution is -2.26. The quantitative estimate of drug-likeness (QED) is 0.408. The van der Waals surface area contributed by atoms with Gasteiger partial charge in [0.05, 0.1) is 0 Å². The van der Waals surface area contributed by atoms with Crippen LogP contribution in [0, 0.1) is 0 Å². The summed E-state index contributed by atoms with van der Waals surface area (Å²) in [5.74, 6) is 0. The first-order valence-corrected chi connectivity index (χ1v) is 6.83. The van der Waals surface area contributed by atoms with E-state index in [0.717, 1.165) is 0 Å². The van der Waals surface area contributed by atoms with E-state index in [-0.39, 0.29) is 0 Å². The van der Waals surface area contributed by atoms with E-state index in [1.54, 1.807) is 0 Å². The van der Waals surface area contributed by atoms with E-state index in [2.05, 4.69) is 0 Å². The lowest BCUT2D eigenvalue weighted by Gasteiger charge is -2.27. The zero-order valence-corrected chi connectivity index (χ0v) is 9.37. The van der Waals surface area contributed by atoms with E-state index in [0.29, 0.717) is 0 Å². The van der Waals surface area contributed by atoms with E-state index < -0.39 is 26.4 Å². The van der Waals surface area contributed by atoms with E-state index >= 15 is 0 Å². The highest BCUT2D eigenvalue weighted by Gasteiger charge is 2.56. The van der Waals surface area contributed by atoms with Gasteiger partial charge in [-0.1, -0.05) is 20.8 Å². The van der Waals surface area contributed by atoms with Crippen LogP contribution in [-0.2, 0) is 9.13 Å². The van der Waals surface area contributed by atoms with Crippen LogP contribution in [0.4, 0.5) is 0 Å². The van der Waals surface area contributed by atoms with Gasteiger partial charge in [0, 0.05) is 0 Å². The zero-order valence-electron chi connectivity index (χ0n) is 7.58. The molecule has 0 atom stereocenters. The van der Waals surface area contributed by atoms with Crippen LogP contribution in [0.1, 0.15) is 20.8 Å². The van der Waals surface area contributed by atoms with Crippen molar-refractivity contribution in [3.63, 3.8) is 0 Å². The molecule has 78 valence electrons. The van der Waals surface area contributed by atoms with Crippen LogP contribution >= 0.6 is 14.9 Å². The number of hydrogen-bond donors (Lipinski definition) is 4. The van der Waals surface area contributed by atoms with Gasteiger partial charge < -0.3 is 19.6 Å². The highest BCUT2D eigenvalue weighted by Crippen LogP contribution is 2.64. The van der Waals surface area contributed by atoms with Gasteiger partial charge in [0.1, 0.15) is 0 Å². The van der Waals surface area contributed by atoms with Gasteiger partial charge in [0.25, 0.3) is 14.9 Å². The maximum absolute atomic E-state index is 10.8. The van der Waals surface area contributed by atoms with E-state index in [4.69, 9.17) is 19.6 Å². The molecule has 0 spiro atoms. The molecule has 0 saturated carbocycles. The van der Waals surface area contributed by atoms with E-state index in [1.165, 1.54) is 20.8 Å². The molecule has 0 fully saturated rings. The molecule has 0 bridgehead atoms. The number of hydrogen-bond acceptors (Lipinski definition) is 2. The molecule has 0 heterocycles. The predicted octanol–water partition coefficient (Wildman–Crippen LogP) is 0.630. The van der Waals surface area contributed by atoms with Gasteiger partial charge in [-0.15, -0.1) is 0 Å². The van der Waals surface area contributed by atoms with Gasteiger partial charge in [-0.2, -0.15) is 0 Å². The molecule has 0 aromatic carbocycles. The van der Waals surface area contributed by atoms with Gasteiger partial charge in [-0.3, -0.25) is 9.13 Å². The standard InChI is InChI=1S/C4H13BO6P2/c1-4(2,3)5(12(6,7)8)13(9,10)11/h1-3H3,(H2,6,7,8)(H2,9,10,11). The van der Waals surface area contributed by atoms with Crippen molar-refractivity contribution >= 4 is 21.1 Å². The molecule has 0 aliphatic heterocycles. The average molecular weight is 230 g/mol. The summed E-state index contributed by atoms with van der Waals surface area (Å²) in [6, 6.07) is 0. The van der Waals surface area contributed by atoms with Crippen LogP contribution in [0.5, 0.6) is 0 Å². The molecule has 13 heavy (non-hydrogen) atoms. The Morgan fingerprint density at radius 1 is 0.923 bits per heavy atom. The molecule has 4 N–H and O–H groups in total. The Labute approximate surface area is 76.7 Å². The first-order valence-electron chi connectivity index (χ1n) is 3.47. The van der Waals surface area contributed by atoms with Crippen molar-refractivity contribution in [3.05, 3.63) is 0 Å². The fourth-order valence-electron chi connectivity index (χ4n) is 1.20. The third-order valence-electron chi connectivity index (χ3n) is 1.41. The second-order valence-corrected chi connectivity index (χ2v) is 7.71. The van der Waals surface area contributed by atoms with Gasteiger partial charge in [0.15, 0.2) is 0 Å². The molecule has 6 nitrogen and oxygen atoms in total. The van der Waals surface area contributed by atoms with Crippen molar-refractivity contribution < 1.29 is 28.7 Å². The molecule has 0 unspecified atom stereocenters. The minimum absolute atomic E-state index is 1.14. The lowest BCUT2D eigenvalue weighted by molar-refractivity contribution is 0.380. The third kappa shape index (κ3) is 3.94. The lowest BCUT2D eigenvalue weighted by atomic mass is 9.71. The molecular formula is C4H13BO6P2. The second-order valence-electron chi connectivity index (χ2n) is 3.92. The molecule has 0 amide bonds. The molecular weight excluding hydrogens is 217 g/mol. The minimum atomic E-state index is -4.78. The van der Waals surface area contributed by atoms with Crippen molar-refractivity contribution in [2.24, 2.45) is 0 Å². The van der Waals surface area contributed by atoms with Gasteiger partial charge in [0.2, 0.25) is 0 Å². The van der Waals surface area contributed by atoms with Crippen molar-refractivity contribution in [2.45, 2.75) is 26.1 Å². The Hall–Kier alpha value is 0.365. The second kappa shape index (κ2) is 3.50. The molecule has 9 heteroatoms. The number of rotatable bonds is 2. The Balaban J connectivity index is 5.28. The largest absolute Gasteiger partial charge is 0.431 e. The average Bonchev–Trinajstić information content (AvgIpc) is 1.44. The summed E-state index contributed by atoms with van der Waals surface area (Å²) >= 11 is 0. The zero-order chi connectivity index (χ0) is 11.1. The SMILES string of the molecule is CC(C)(C)B(P(=O)(O)O)P(=O)(O)O. The Kier molecular flexibility index (Phi) is 3.60. The summed E-state index contributed by atoms with van der Waals surface area (Å²) in [7, 11) is -9.56. The summed E-state index contributed by atoms with van der Waals surface area (Å²) < 4.78 is 21.7. The smallest absolute Gasteiger partial charge is 0.331 e. The van der Waals surface area contributed by atoms with Crippen LogP contribution in [0.3, 0.4) is 0 Å². The molecule has 0 aromatic rings. The van der Waals surface area contributed by atoms with Crippen molar-refractivity contribution in [1.82, 2.24) is 0 Å². The molecule has 0 rings (SSSR count). The normalized spacial score (nSPS) is 14.4. The third-order valence-corrected chi connectivity index (χ3v) is 6.04. The monoisotopic (exact) mass is 230 g/mol. The first-order chi connectivity index (χ1) is 5.37. The topological polar surface area (TPSA) is 115 Å². The van der Waals surface area contributed by atoms with Gasteiger partial charge in [-0.25, -0.2) is 0 Å². The van der Waals surface area contributed by atoms with Crippen molar-refractivity contribution in [1.29, 1.82) is 0 Å². The van der Waals surface area contributed by atoms with Crippen LogP contribution in [0.25, 0.3) is 0 Å². The van der Waals surface area contributed by atoms with Gasteiger partial charge >= 0.3 is 6.15 Å². The summed E-state index contributed by atoms with van der Waals surface area (Å²) in [5.41, 5.74) is 0. The van der Waals surface area contributed by atoms with Crippen LogP contribution in [0.15, 0.2) is 0 Å². The minimum Gasteiger partial charge on any atom is -0.331 e. The summed E-state index contributed by atoms with van der Waals surface area (Å²) in [6.45, 7) is 4.11. The molecule has 0 aliphatic carbocycles. The first kappa shape index (κ1) is 13.4. The van der Waals surface area contributed by atoms with Crippen LogP contribution in [0.2, 0.25) is 5.31 Å². The molecule has 0 saturated heterocycles. The highest BCUT2D eigenvalue weighted by atomic mass is 31.2. The summed E-state index contributed by atoms with van der Waals surface area (Å²) in [5, 5.41) is -1.14. The van der Waals surface area contributed by atoms with E-state index in [1.807, 2.05) is 0 Å². The Morgan fingerprint density at radius 3 is 1.15 bits per heavy atom. The Morgan fingerprint density at radius 2 is 1.15 bits per heavy atom. The molecule has 0 radical (unpaired) electrons. The van der Waals surface area contributed by atoms with Crippen molar-refractivity contribution in [3.8, 4) is 0 Å². The van der Waals surface area contributed by atoms with Crippen LogP contribution in [-0.4, -0.2) is 25.7 Å². The predicted molar refractivity (Wildman–Crippen MR) is 49.6 cm³/mol. The molecule has 0 aliphatic rings. The summed E-state index contributed by atoms with van der Waals surface area (Å²) in [6.07, 6.45) is -1.94. The van der Waals surface area contributed by atoms with E-state index in [9.17, 15) is 9.13 Å². The van der Waals surface area contributed by atoms with Gasteiger partial charge in [-0.05, 0) is 5.31 Å². The fourth-order valence-corrected chi connectivity index (χ4v) is 4.79. The summed E-state index contributed by atoms with van der Waals surface area (Å²) in [4.78, 5) is 35.1. The molecule has 0 aromatic heterocycles. The maximum atomic E-state index is 10.8. The fraction of sp³-hybridized carbons (Fsp3) is 1.00. The Bertz CT molecular complexity index is 249. The maximum Gasteiger partial charge on any atom is 0.431 e. The highest BCUT2D eigenvalue weighted by molar-refractivity contribution is 8.17. The van der Waals surface area contributed by atoms with Crippen molar-refractivity contribution in [2.75, 3.05) is 0 Å². The van der Waals surface area contributed by atoms with Crippen LogP contribution < -0.4 is 0 Å².